The van der Waals surface area contributed by atoms with Crippen LogP contribution in [0.15, 0.2) is 24.3 Å². The number of carbonyl (C=O) groups is 1. The van der Waals surface area contributed by atoms with Gasteiger partial charge < -0.3 is 4.90 Å². The van der Waals surface area contributed by atoms with Crippen LogP contribution in [0.3, 0.4) is 0 Å². The highest BCUT2D eigenvalue weighted by Crippen LogP contribution is 2.17. The number of carbonyl (C=O) groups excluding carboxylic acids is 1. The lowest BCUT2D eigenvalue weighted by Gasteiger charge is -2.18. The topological polar surface area (TPSA) is 38.1 Å². The highest BCUT2D eigenvalue weighted by molar-refractivity contribution is 5.79. The first-order valence-corrected chi connectivity index (χ1v) is 9.16. The summed E-state index contributed by atoms with van der Waals surface area (Å²) < 4.78 is 2.03. The molecule has 0 saturated heterocycles. The van der Waals surface area contributed by atoms with Gasteiger partial charge in [-0.15, -0.1) is 0 Å². The van der Waals surface area contributed by atoms with Gasteiger partial charge in [0.2, 0.25) is 5.91 Å². The normalized spacial score (nSPS) is 11.2. The summed E-state index contributed by atoms with van der Waals surface area (Å²) in [5, 5.41) is 4.61. The first-order valence-electron chi connectivity index (χ1n) is 9.16. The molecule has 0 atom stereocenters. The minimum Gasteiger partial charge on any atom is -0.341 e. The number of amides is 1. The van der Waals surface area contributed by atoms with Crippen molar-refractivity contribution in [3.63, 3.8) is 0 Å². The highest BCUT2D eigenvalue weighted by atomic mass is 16.2. The van der Waals surface area contributed by atoms with Crippen molar-refractivity contribution in [2.24, 2.45) is 5.92 Å². The van der Waals surface area contributed by atoms with E-state index in [1.54, 1.807) is 4.90 Å². The molecule has 0 bridgehead atoms. The van der Waals surface area contributed by atoms with E-state index in [1.807, 2.05) is 18.7 Å². The number of nitrogens with zero attached hydrogens (tertiary/aromatic N) is 3. The van der Waals surface area contributed by atoms with Crippen molar-refractivity contribution in [2.45, 2.75) is 60.5 Å². The molecule has 2 aromatic rings. The predicted octanol–water partition coefficient (Wildman–Crippen LogP) is 3.92. The molecule has 0 fully saturated rings. The van der Waals surface area contributed by atoms with Crippen molar-refractivity contribution < 1.29 is 4.79 Å². The molecule has 0 unspecified atom stereocenters. The maximum absolute atomic E-state index is 12.7. The molecule has 0 aliphatic rings. The van der Waals surface area contributed by atoms with Crippen molar-refractivity contribution in [3.8, 4) is 0 Å². The molecule has 0 aliphatic heterocycles. The lowest BCUT2D eigenvalue weighted by Crippen LogP contribution is -2.28. The van der Waals surface area contributed by atoms with Crippen molar-refractivity contribution >= 4 is 5.91 Å². The zero-order chi connectivity index (χ0) is 18.6. The lowest BCUT2D eigenvalue weighted by molar-refractivity contribution is -0.129. The van der Waals surface area contributed by atoms with Crippen molar-refractivity contribution in [2.75, 3.05) is 7.05 Å². The van der Waals surface area contributed by atoms with Gasteiger partial charge in [-0.3, -0.25) is 9.48 Å². The number of likely N-dealkylation sites (N-methyl/N-ethyl adjacent to an activating group) is 1. The van der Waals surface area contributed by atoms with E-state index >= 15 is 0 Å². The minimum absolute atomic E-state index is 0.134. The molecular weight excluding hydrogens is 310 g/mol. The van der Waals surface area contributed by atoms with Crippen LogP contribution in [-0.4, -0.2) is 27.6 Å². The SMILES string of the molecule is CCc1ccc(CN(C)C(=O)Cc2c(C)nn(CC(C)C)c2C)cc1. The molecule has 2 rings (SSSR count). The summed E-state index contributed by atoms with van der Waals surface area (Å²) in [6.07, 6.45) is 1.45. The Morgan fingerprint density at radius 2 is 1.76 bits per heavy atom. The van der Waals surface area contributed by atoms with Crippen molar-refractivity contribution in [3.05, 3.63) is 52.3 Å². The molecule has 0 spiro atoms. The minimum atomic E-state index is 0.134. The molecule has 1 amide bonds. The molecule has 1 heterocycles. The second-order valence-electron chi connectivity index (χ2n) is 7.32. The molecule has 136 valence electrons. The Morgan fingerprint density at radius 3 is 2.32 bits per heavy atom. The maximum Gasteiger partial charge on any atom is 0.227 e. The fourth-order valence-electron chi connectivity index (χ4n) is 3.04. The first kappa shape index (κ1) is 19.2. The number of aryl methyl sites for hydroxylation is 2. The number of rotatable bonds is 7. The van der Waals surface area contributed by atoms with E-state index in [0.717, 1.165) is 35.5 Å². The number of benzene rings is 1. The summed E-state index contributed by atoms with van der Waals surface area (Å²) in [6, 6.07) is 8.50. The van der Waals surface area contributed by atoms with Crippen molar-refractivity contribution in [1.29, 1.82) is 0 Å². The number of aromatic nitrogens is 2. The summed E-state index contributed by atoms with van der Waals surface area (Å²) in [6.45, 7) is 12.1. The summed E-state index contributed by atoms with van der Waals surface area (Å²) in [7, 11) is 1.87. The standard InChI is InChI=1S/C21H31N3O/c1-7-18-8-10-19(11-9-18)14-23(6)21(25)12-20-16(4)22-24(17(20)5)13-15(2)3/h8-11,15H,7,12-14H2,1-6H3. The Kier molecular flexibility index (Phi) is 6.40. The van der Waals surface area contributed by atoms with Crippen LogP contribution in [-0.2, 0) is 30.7 Å². The van der Waals surface area contributed by atoms with Gasteiger partial charge in [0.15, 0.2) is 0 Å². The average molecular weight is 341 g/mol. The van der Waals surface area contributed by atoms with Crippen LogP contribution >= 0.6 is 0 Å². The number of hydrogen-bond acceptors (Lipinski definition) is 2. The van der Waals surface area contributed by atoms with Crippen LogP contribution < -0.4 is 0 Å². The van der Waals surface area contributed by atoms with Gasteiger partial charge in [0, 0.05) is 31.4 Å². The Bertz CT molecular complexity index is 713. The Morgan fingerprint density at radius 1 is 1.16 bits per heavy atom. The first-order chi connectivity index (χ1) is 11.8. The third-order valence-corrected chi connectivity index (χ3v) is 4.67. The summed E-state index contributed by atoms with van der Waals surface area (Å²) in [5.41, 5.74) is 5.63. The second-order valence-corrected chi connectivity index (χ2v) is 7.32. The van der Waals surface area contributed by atoms with E-state index < -0.39 is 0 Å². The molecule has 0 aliphatic carbocycles. The van der Waals surface area contributed by atoms with Crippen LogP contribution in [0.2, 0.25) is 0 Å². The average Bonchev–Trinajstić information content (AvgIpc) is 2.82. The van der Waals surface area contributed by atoms with Gasteiger partial charge in [0.05, 0.1) is 12.1 Å². The van der Waals surface area contributed by atoms with E-state index in [4.69, 9.17) is 0 Å². The van der Waals surface area contributed by atoms with Gasteiger partial charge in [0.25, 0.3) is 0 Å². The fraction of sp³-hybridized carbons (Fsp3) is 0.524. The summed E-state index contributed by atoms with van der Waals surface area (Å²) in [5.74, 6) is 0.671. The zero-order valence-electron chi connectivity index (χ0n) is 16.5. The Balaban J connectivity index is 2.04. The molecule has 0 N–H and O–H groups in total. The predicted molar refractivity (Wildman–Crippen MR) is 103 cm³/mol. The van der Waals surface area contributed by atoms with E-state index in [-0.39, 0.29) is 5.91 Å². The van der Waals surface area contributed by atoms with E-state index in [9.17, 15) is 4.79 Å². The quantitative estimate of drug-likeness (QED) is 0.765. The van der Waals surface area contributed by atoms with Gasteiger partial charge in [-0.2, -0.15) is 5.10 Å². The second kappa shape index (κ2) is 8.32. The number of hydrogen-bond donors (Lipinski definition) is 0. The fourth-order valence-corrected chi connectivity index (χ4v) is 3.04. The van der Waals surface area contributed by atoms with E-state index in [2.05, 4.69) is 57.1 Å². The largest absolute Gasteiger partial charge is 0.341 e. The summed E-state index contributed by atoms with van der Waals surface area (Å²) in [4.78, 5) is 14.5. The maximum atomic E-state index is 12.7. The van der Waals surface area contributed by atoms with E-state index in [1.165, 1.54) is 5.56 Å². The Hall–Kier alpha value is -2.10. The summed E-state index contributed by atoms with van der Waals surface area (Å²) >= 11 is 0. The van der Waals surface area contributed by atoms with Crippen LogP contribution in [0.4, 0.5) is 0 Å². The smallest absolute Gasteiger partial charge is 0.227 e. The molecule has 1 aromatic heterocycles. The van der Waals surface area contributed by atoms with Crippen LogP contribution in [0, 0.1) is 19.8 Å². The zero-order valence-corrected chi connectivity index (χ0v) is 16.5. The van der Waals surface area contributed by atoms with Crippen LogP contribution in [0.5, 0.6) is 0 Å². The lowest BCUT2D eigenvalue weighted by atomic mass is 10.1. The van der Waals surface area contributed by atoms with Gasteiger partial charge in [-0.25, -0.2) is 0 Å². The molecule has 0 saturated carbocycles. The Labute approximate surface area is 151 Å². The molecule has 4 nitrogen and oxygen atoms in total. The third kappa shape index (κ3) is 4.94. The van der Waals surface area contributed by atoms with E-state index in [0.29, 0.717) is 18.9 Å². The van der Waals surface area contributed by atoms with Crippen molar-refractivity contribution in [1.82, 2.24) is 14.7 Å². The molecular formula is C21H31N3O. The van der Waals surface area contributed by atoms with Gasteiger partial charge in [-0.05, 0) is 37.3 Å². The molecule has 0 radical (unpaired) electrons. The van der Waals surface area contributed by atoms with Gasteiger partial charge in [0.1, 0.15) is 0 Å². The monoisotopic (exact) mass is 341 g/mol. The van der Waals surface area contributed by atoms with Crippen LogP contribution in [0.25, 0.3) is 0 Å². The molecule has 1 aromatic carbocycles. The van der Waals surface area contributed by atoms with Crippen LogP contribution in [0.1, 0.15) is 48.8 Å². The van der Waals surface area contributed by atoms with Gasteiger partial charge >= 0.3 is 0 Å². The highest BCUT2D eigenvalue weighted by Gasteiger charge is 2.18. The van der Waals surface area contributed by atoms with Gasteiger partial charge in [-0.1, -0.05) is 45.0 Å². The third-order valence-electron chi connectivity index (χ3n) is 4.67. The molecule has 25 heavy (non-hydrogen) atoms. The molecule has 4 heteroatoms.